The fraction of sp³-hybridized carbons (Fsp3) is 0.111. The second-order valence-corrected chi connectivity index (χ2v) is 9.24. The highest BCUT2D eigenvalue weighted by Crippen LogP contribution is 2.32. The molecule has 0 aliphatic heterocycles. The van der Waals surface area contributed by atoms with Gasteiger partial charge in [0.1, 0.15) is 10.8 Å². The van der Waals surface area contributed by atoms with Crippen molar-refractivity contribution in [1.82, 2.24) is 9.71 Å². The van der Waals surface area contributed by atoms with Gasteiger partial charge in [0, 0.05) is 11.8 Å². The van der Waals surface area contributed by atoms with Crippen molar-refractivity contribution < 1.29 is 26.4 Å². The molecule has 0 aliphatic carbocycles. The van der Waals surface area contributed by atoms with E-state index < -0.39 is 22.1 Å². The van der Waals surface area contributed by atoms with Crippen molar-refractivity contribution in [3.63, 3.8) is 0 Å². The van der Waals surface area contributed by atoms with E-state index in [0.717, 1.165) is 11.3 Å². The lowest BCUT2D eigenvalue weighted by Gasteiger charge is -2.09. The molecule has 2 aromatic carbocycles. The molecule has 1 amide bonds. The molecule has 0 spiro atoms. The normalized spacial score (nSPS) is 12.0. The summed E-state index contributed by atoms with van der Waals surface area (Å²) in [6.07, 6.45) is -3.70. The number of carbonyl (C=O) groups excluding carboxylic acids is 1. The Hall–Kier alpha value is -2.47. The number of thiazole rings is 1. The molecule has 0 unspecified atom stereocenters. The summed E-state index contributed by atoms with van der Waals surface area (Å²) < 4.78 is 60.5. The van der Waals surface area contributed by atoms with Gasteiger partial charge in [-0.15, -0.1) is 16.1 Å². The third-order valence-corrected chi connectivity index (χ3v) is 6.41. The molecule has 1 aromatic heterocycles. The fourth-order valence-corrected chi connectivity index (χ4v) is 4.90. The number of sulfonamides is 1. The van der Waals surface area contributed by atoms with Gasteiger partial charge in [-0.05, 0) is 29.8 Å². The van der Waals surface area contributed by atoms with Crippen LogP contribution in [0.15, 0.2) is 54.7 Å². The third-order valence-electron chi connectivity index (χ3n) is 3.68. The topological polar surface area (TPSA) is 88.2 Å². The first-order valence-corrected chi connectivity index (χ1v) is 11.1. The minimum Gasteiger partial charge on any atom is -0.321 e. The first-order valence-electron chi connectivity index (χ1n) is 8.22. The van der Waals surface area contributed by atoms with Gasteiger partial charge in [0.25, 0.3) is 5.91 Å². The highest BCUT2D eigenvalue weighted by Gasteiger charge is 2.34. The molecular weight excluding hydrogens is 463 g/mol. The molecule has 12 heteroatoms. The Labute approximate surface area is 178 Å². The van der Waals surface area contributed by atoms with E-state index in [1.165, 1.54) is 6.20 Å². The number of benzene rings is 2. The molecule has 1 heterocycles. The summed E-state index contributed by atoms with van der Waals surface area (Å²) in [4.78, 5) is 16.6. The highest BCUT2D eigenvalue weighted by molar-refractivity contribution is 7.88. The van der Waals surface area contributed by atoms with Crippen LogP contribution < -0.4 is 10.0 Å². The number of carbonyl (C=O) groups is 1. The van der Waals surface area contributed by atoms with Crippen molar-refractivity contribution in [2.45, 2.75) is 12.1 Å². The second-order valence-electron chi connectivity index (χ2n) is 5.99. The number of rotatable bonds is 6. The van der Waals surface area contributed by atoms with E-state index in [1.54, 1.807) is 48.5 Å². The molecule has 0 bridgehead atoms. The molecule has 3 rings (SSSR count). The lowest BCUT2D eigenvalue weighted by atomic mass is 10.1. The zero-order chi connectivity index (χ0) is 21.9. The molecule has 0 saturated heterocycles. The monoisotopic (exact) mass is 475 g/mol. The zero-order valence-corrected chi connectivity index (χ0v) is 17.3. The van der Waals surface area contributed by atoms with Crippen molar-refractivity contribution >= 4 is 44.6 Å². The summed E-state index contributed by atoms with van der Waals surface area (Å²) in [6, 6.07) is 13.3. The Morgan fingerprint density at radius 2 is 1.83 bits per heavy atom. The van der Waals surface area contributed by atoms with Crippen LogP contribution >= 0.6 is 22.9 Å². The van der Waals surface area contributed by atoms with Crippen LogP contribution in [0.1, 0.15) is 15.4 Å². The van der Waals surface area contributed by atoms with Crippen molar-refractivity contribution in [1.29, 1.82) is 0 Å². The van der Waals surface area contributed by atoms with Gasteiger partial charge in [-0.3, -0.25) is 4.79 Å². The highest BCUT2D eigenvalue weighted by atomic mass is 35.5. The lowest BCUT2D eigenvalue weighted by molar-refractivity contribution is -0.138. The zero-order valence-electron chi connectivity index (χ0n) is 14.9. The van der Waals surface area contributed by atoms with Crippen LogP contribution in [-0.2, 0) is 15.8 Å². The standard InChI is InChI=1S/C18H13ClF3N3O3S2/c19-13-8-12(6-7-14(13)24-17(26)11-4-2-1-3-5-11)15-9-23-16(29-15)10-30(27,28)25-18(20,21)22/h1-9,25H,10H2,(H,24,26). The molecule has 0 fully saturated rings. The number of hydrogen-bond acceptors (Lipinski definition) is 5. The van der Waals surface area contributed by atoms with Crippen LogP contribution in [0, 0.1) is 0 Å². The smallest absolute Gasteiger partial charge is 0.321 e. The van der Waals surface area contributed by atoms with E-state index in [0.29, 0.717) is 26.4 Å². The Kier molecular flexibility index (Phi) is 6.46. The average molecular weight is 476 g/mol. The van der Waals surface area contributed by atoms with Crippen LogP contribution in [0.2, 0.25) is 5.02 Å². The van der Waals surface area contributed by atoms with Crippen LogP contribution in [-0.4, -0.2) is 25.6 Å². The maximum absolute atomic E-state index is 12.3. The minimum absolute atomic E-state index is 0.0145. The van der Waals surface area contributed by atoms with Crippen molar-refractivity contribution in [2.75, 3.05) is 5.32 Å². The summed E-state index contributed by atoms with van der Waals surface area (Å²) in [5, 5.41) is 2.91. The number of anilines is 1. The van der Waals surface area contributed by atoms with E-state index in [4.69, 9.17) is 11.6 Å². The molecular formula is C18H13ClF3N3O3S2. The first-order chi connectivity index (χ1) is 14.0. The molecule has 0 radical (unpaired) electrons. The van der Waals surface area contributed by atoms with Crippen molar-refractivity contribution in [3.8, 4) is 10.4 Å². The van der Waals surface area contributed by atoms with Gasteiger partial charge < -0.3 is 5.32 Å². The second kappa shape index (κ2) is 8.72. The molecule has 0 saturated carbocycles. The quantitative estimate of drug-likeness (QED) is 0.508. The predicted octanol–water partition coefficient (Wildman–Crippen LogP) is 4.66. The van der Waals surface area contributed by atoms with Gasteiger partial charge in [-0.1, -0.05) is 35.9 Å². The maximum Gasteiger partial charge on any atom is 0.470 e. The number of amides is 1. The van der Waals surface area contributed by atoms with Gasteiger partial charge in [0.15, 0.2) is 0 Å². The van der Waals surface area contributed by atoms with E-state index >= 15 is 0 Å². The van der Waals surface area contributed by atoms with E-state index in [1.807, 2.05) is 0 Å². The Bertz CT molecular complexity index is 1170. The van der Waals surface area contributed by atoms with E-state index in [9.17, 15) is 26.4 Å². The van der Waals surface area contributed by atoms with Gasteiger partial charge in [0.05, 0.1) is 15.6 Å². The summed E-state index contributed by atoms with van der Waals surface area (Å²) in [5.41, 5.74) is 1.40. The Morgan fingerprint density at radius 1 is 1.13 bits per heavy atom. The van der Waals surface area contributed by atoms with Gasteiger partial charge in [-0.2, -0.15) is 13.2 Å². The van der Waals surface area contributed by atoms with Crippen LogP contribution in [0.25, 0.3) is 10.4 Å². The molecule has 0 atom stereocenters. The van der Waals surface area contributed by atoms with Gasteiger partial charge >= 0.3 is 6.30 Å². The first kappa shape index (κ1) is 22.2. The van der Waals surface area contributed by atoms with Gasteiger partial charge in [-0.25, -0.2) is 13.4 Å². The number of hydrogen-bond donors (Lipinski definition) is 2. The molecule has 158 valence electrons. The summed E-state index contributed by atoms with van der Waals surface area (Å²) >= 11 is 7.16. The maximum atomic E-state index is 12.3. The van der Waals surface area contributed by atoms with Gasteiger partial charge in [0.2, 0.25) is 10.0 Å². The van der Waals surface area contributed by atoms with E-state index in [-0.39, 0.29) is 15.9 Å². The van der Waals surface area contributed by atoms with Crippen LogP contribution in [0.4, 0.5) is 18.9 Å². The summed E-state index contributed by atoms with van der Waals surface area (Å²) in [7, 11) is -4.62. The minimum atomic E-state index is -5.05. The lowest BCUT2D eigenvalue weighted by Crippen LogP contribution is -2.37. The number of alkyl halides is 3. The molecule has 0 aliphatic rings. The van der Waals surface area contributed by atoms with Crippen LogP contribution in [0.5, 0.6) is 0 Å². The summed E-state index contributed by atoms with van der Waals surface area (Å²) in [6.45, 7) is 0. The molecule has 3 aromatic rings. The number of nitrogens with one attached hydrogen (secondary N) is 2. The Balaban J connectivity index is 1.73. The Morgan fingerprint density at radius 3 is 2.47 bits per heavy atom. The molecule has 30 heavy (non-hydrogen) atoms. The number of halogens is 4. The predicted molar refractivity (Wildman–Crippen MR) is 109 cm³/mol. The SMILES string of the molecule is O=C(Nc1ccc(-c2cnc(CS(=O)(=O)NC(F)(F)F)s2)cc1Cl)c1ccccc1. The molecule has 2 N–H and O–H groups in total. The summed E-state index contributed by atoms with van der Waals surface area (Å²) in [5.74, 6) is -1.25. The largest absolute Gasteiger partial charge is 0.470 e. The fourth-order valence-electron chi connectivity index (χ4n) is 2.44. The van der Waals surface area contributed by atoms with Crippen molar-refractivity contribution in [2.24, 2.45) is 0 Å². The van der Waals surface area contributed by atoms with E-state index in [2.05, 4.69) is 10.3 Å². The third kappa shape index (κ3) is 6.02. The number of nitrogens with zero attached hydrogens (tertiary/aromatic N) is 1. The van der Waals surface area contributed by atoms with Crippen LogP contribution in [0.3, 0.4) is 0 Å². The average Bonchev–Trinajstić information content (AvgIpc) is 3.09. The molecule has 6 nitrogen and oxygen atoms in total. The number of aromatic nitrogens is 1. The van der Waals surface area contributed by atoms with Crippen molar-refractivity contribution in [3.05, 3.63) is 70.3 Å².